The zero-order valence-corrected chi connectivity index (χ0v) is 14.2. The molecule has 0 bridgehead atoms. The van der Waals surface area contributed by atoms with Crippen LogP contribution in [0.4, 0.5) is 5.82 Å². The first-order valence-corrected chi connectivity index (χ1v) is 8.81. The number of rotatable bonds is 5. The first-order valence-electron chi connectivity index (χ1n) is 8.81. The largest absolute Gasteiger partial charge is 0.356 e. The highest BCUT2D eigenvalue weighted by molar-refractivity contribution is 5.36. The molecule has 0 amide bonds. The maximum Gasteiger partial charge on any atom is 0.131 e. The lowest BCUT2D eigenvalue weighted by Gasteiger charge is -2.37. The second-order valence-corrected chi connectivity index (χ2v) is 6.91. The minimum absolute atomic E-state index is 0.546. The topological polar surface area (TPSA) is 58.0 Å². The Morgan fingerprint density at radius 1 is 1.08 bits per heavy atom. The molecule has 2 fully saturated rings. The highest BCUT2D eigenvalue weighted by Crippen LogP contribution is 2.37. The van der Waals surface area contributed by atoms with E-state index >= 15 is 0 Å². The minimum Gasteiger partial charge on any atom is -0.356 e. The molecule has 6 heteroatoms. The molecule has 0 N–H and O–H groups in total. The lowest BCUT2D eigenvalue weighted by molar-refractivity contribution is 0.202. The van der Waals surface area contributed by atoms with E-state index in [1.54, 1.807) is 12.5 Å². The summed E-state index contributed by atoms with van der Waals surface area (Å²) < 4.78 is 0. The maximum atomic E-state index is 4.53. The molecule has 2 aromatic rings. The average Bonchev–Trinajstić information content (AvgIpc) is 3.48. The van der Waals surface area contributed by atoms with E-state index in [-0.39, 0.29) is 0 Å². The summed E-state index contributed by atoms with van der Waals surface area (Å²) in [4.78, 5) is 22.2. The Hall–Kier alpha value is -2.08. The van der Waals surface area contributed by atoms with Gasteiger partial charge in [-0.1, -0.05) is 0 Å². The minimum atomic E-state index is 0.546. The standard InChI is InChI=1S/C18H24N6/c1-23(17-4-7-19-13-22-17)16-5-8-24(9-6-16)12-14-10-20-18(21-11-14)15-2-3-15/h4,7,10-11,13,15-16H,2-3,5-6,8-9,12H2,1H3. The third-order valence-corrected chi connectivity index (χ3v) is 5.11. The van der Waals surface area contributed by atoms with Gasteiger partial charge in [-0.3, -0.25) is 4.90 Å². The Morgan fingerprint density at radius 2 is 1.83 bits per heavy atom. The van der Waals surface area contributed by atoms with E-state index in [9.17, 15) is 0 Å². The Balaban J connectivity index is 1.29. The van der Waals surface area contributed by atoms with Gasteiger partial charge in [0.05, 0.1) is 0 Å². The van der Waals surface area contributed by atoms with Crippen LogP contribution in [0.3, 0.4) is 0 Å². The number of nitrogens with zero attached hydrogens (tertiary/aromatic N) is 6. The molecule has 6 nitrogen and oxygen atoms in total. The molecule has 0 unspecified atom stereocenters. The zero-order valence-electron chi connectivity index (χ0n) is 14.2. The van der Waals surface area contributed by atoms with Crippen molar-refractivity contribution in [3.63, 3.8) is 0 Å². The number of piperidine rings is 1. The third kappa shape index (κ3) is 3.53. The van der Waals surface area contributed by atoms with Crippen LogP contribution in [0.15, 0.2) is 31.0 Å². The Bertz CT molecular complexity index is 647. The molecule has 1 aliphatic heterocycles. The zero-order chi connectivity index (χ0) is 16.4. The van der Waals surface area contributed by atoms with Crippen LogP contribution in [-0.4, -0.2) is 51.0 Å². The molecule has 126 valence electrons. The van der Waals surface area contributed by atoms with Crippen LogP contribution in [0.1, 0.15) is 43.0 Å². The summed E-state index contributed by atoms with van der Waals surface area (Å²) in [6, 6.07) is 2.52. The molecule has 3 heterocycles. The van der Waals surface area contributed by atoms with E-state index in [0.717, 1.165) is 44.1 Å². The summed E-state index contributed by atoms with van der Waals surface area (Å²) in [7, 11) is 2.13. The van der Waals surface area contributed by atoms with E-state index < -0.39 is 0 Å². The molecular weight excluding hydrogens is 300 g/mol. The first kappa shape index (κ1) is 15.4. The van der Waals surface area contributed by atoms with Gasteiger partial charge in [0, 0.05) is 62.8 Å². The summed E-state index contributed by atoms with van der Waals surface area (Å²) in [5, 5.41) is 0. The van der Waals surface area contributed by atoms with Gasteiger partial charge < -0.3 is 4.90 Å². The lowest BCUT2D eigenvalue weighted by atomic mass is 10.0. The number of hydrogen-bond donors (Lipinski definition) is 0. The van der Waals surface area contributed by atoms with Crippen molar-refractivity contribution in [3.8, 4) is 0 Å². The van der Waals surface area contributed by atoms with Gasteiger partial charge in [0.2, 0.25) is 0 Å². The van der Waals surface area contributed by atoms with E-state index in [1.807, 2.05) is 18.5 Å². The normalized spacial score (nSPS) is 19.4. The second-order valence-electron chi connectivity index (χ2n) is 6.91. The average molecular weight is 324 g/mol. The molecule has 1 saturated heterocycles. The highest BCUT2D eigenvalue weighted by Gasteiger charge is 2.26. The number of likely N-dealkylation sites (tertiary alicyclic amines) is 1. The lowest BCUT2D eigenvalue weighted by Crippen LogP contribution is -2.43. The van der Waals surface area contributed by atoms with Crippen LogP contribution in [0.2, 0.25) is 0 Å². The molecule has 0 radical (unpaired) electrons. The van der Waals surface area contributed by atoms with Gasteiger partial charge in [0.1, 0.15) is 18.0 Å². The van der Waals surface area contributed by atoms with E-state index in [1.165, 1.54) is 18.4 Å². The van der Waals surface area contributed by atoms with E-state index in [0.29, 0.717) is 12.0 Å². The van der Waals surface area contributed by atoms with E-state index in [4.69, 9.17) is 0 Å². The molecule has 0 spiro atoms. The first-order chi connectivity index (χ1) is 11.8. The van der Waals surface area contributed by atoms with Gasteiger partial charge >= 0.3 is 0 Å². The van der Waals surface area contributed by atoms with Crippen molar-refractivity contribution in [1.82, 2.24) is 24.8 Å². The van der Waals surface area contributed by atoms with Crippen LogP contribution in [0.25, 0.3) is 0 Å². The SMILES string of the molecule is CN(c1ccncn1)C1CCN(Cc2cnc(C3CC3)nc2)CC1. The molecule has 1 saturated carbocycles. The summed E-state index contributed by atoms with van der Waals surface area (Å²) in [6.07, 6.45) is 12.3. The van der Waals surface area contributed by atoms with Gasteiger partial charge in [-0.05, 0) is 31.7 Å². The quantitative estimate of drug-likeness (QED) is 0.841. The van der Waals surface area contributed by atoms with Crippen LogP contribution in [-0.2, 0) is 6.54 Å². The fourth-order valence-electron chi connectivity index (χ4n) is 3.40. The third-order valence-electron chi connectivity index (χ3n) is 5.11. The second kappa shape index (κ2) is 6.81. The highest BCUT2D eigenvalue weighted by atomic mass is 15.2. The van der Waals surface area contributed by atoms with E-state index in [2.05, 4.69) is 36.8 Å². The maximum absolute atomic E-state index is 4.53. The van der Waals surface area contributed by atoms with Crippen molar-refractivity contribution in [1.29, 1.82) is 0 Å². The Kier molecular flexibility index (Phi) is 4.38. The Morgan fingerprint density at radius 3 is 2.46 bits per heavy atom. The molecule has 4 rings (SSSR count). The van der Waals surface area contributed by atoms with Crippen molar-refractivity contribution in [2.24, 2.45) is 0 Å². The van der Waals surface area contributed by atoms with Crippen molar-refractivity contribution >= 4 is 5.82 Å². The van der Waals surface area contributed by atoms with Crippen LogP contribution in [0, 0.1) is 0 Å². The molecule has 1 aliphatic carbocycles. The fourth-order valence-corrected chi connectivity index (χ4v) is 3.40. The number of anilines is 1. The van der Waals surface area contributed by atoms with Gasteiger partial charge in [-0.15, -0.1) is 0 Å². The summed E-state index contributed by atoms with van der Waals surface area (Å²) in [6.45, 7) is 3.16. The van der Waals surface area contributed by atoms with Crippen LogP contribution >= 0.6 is 0 Å². The number of aromatic nitrogens is 4. The van der Waals surface area contributed by atoms with Gasteiger partial charge in [-0.2, -0.15) is 0 Å². The predicted molar refractivity (Wildman–Crippen MR) is 92.7 cm³/mol. The summed E-state index contributed by atoms with van der Waals surface area (Å²) >= 11 is 0. The van der Waals surface area contributed by atoms with Crippen molar-refractivity contribution < 1.29 is 0 Å². The predicted octanol–water partition coefficient (Wildman–Crippen LogP) is 2.24. The van der Waals surface area contributed by atoms with Gasteiger partial charge in [-0.25, -0.2) is 19.9 Å². The number of hydrogen-bond acceptors (Lipinski definition) is 6. The van der Waals surface area contributed by atoms with Crippen molar-refractivity contribution in [2.75, 3.05) is 25.0 Å². The van der Waals surface area contributed by atoms with Crippen LogP contribution in [0.5, 0.6) is 0 Å². The summed E-state index contributed by atoms with van der Waals surface area (Å²) in [5.74, 6) is 2.67. The molecule has 0 atom stereocenters. The fraction of sp³-hybridized carbons (Fsp3) is 0.556. The molecule has 24 heavy (non-hydrogen) atoms. The smallest absolute Gasteiger partial charge is 0.131 e. The molecular formula is C18H24N6. The molecule has 0 aromatic carbocycles. The Labute approximate surface area is 143 Å². The monoisotopic (exact) mass is 324 g/mol. The summed E-state index contributed by atoms with van der Waals surface area (Å²) in [5.41, 5.74) is 1.22. The van der Waals surface area contributed by atoms with Crippen molar-refractivity contribution in [3.05, 3.63) is 42.4 Å². The van der Waals surface area contributed by atoms with Gasteiger partial charge in [0.15, 0.2) is 0 Å². The van der Waals surface area contributed by atoms with Crippen molar-refractivity contribution in [2.45, 2.75) is 44.2 Å². The van der Waals surface area contributed by atoms with Gasteiger partial charge in [0.25, 0.3) is 0 Å². The molecule has 2 aromatic heterocycles. The molecule has 2 aliphatic rings. The van der Waals surface area contributed by atoms with Crippen LogP contribution < -0.4 is 4.90 Å².